The third-order valence-electron chi connectivity index (χ3n) is 2.98. The van der Waals surface area contributed by atoms with E-state index >= 15 is 0 Å². The maximum absolute atomic E-state index is 13.3. The van der Waals surface area contributed by atoms with E-state index in [2.05, 4.69) is 21.2 Å². The molecule has 0 bridgehead atoms. The van der Waals surface area contributed by atoms with Crippen LogP contribution in [0, 0.1) is 5.82 Å². The van der Waals surface area contributed by atoms with Crippen molar-refractivity contribution in [2.24, 2.45) is 0 Å². The summed E-state index contributed by atoms with van der Waals surface area (Å²) in [6, 6.07) is 5.55. The van der Waals surface area contributed by atoms with E-state index in [0.717, 1.165) is 29.9 Å². The lowest BCUT2D eigenvalue weighted by Gasteiger charge is -2.07. The molecule has 4 heteroatoms. The summed E-state index contributed by atoms with van der Waals surface area (Å²) in [7, 11) is 0. The second-order valence-electron chi connectivity index (χ2n) is 4.71. The van der Waals surface area contributed by atoms with Crippen LogP contribution in [-0.2, 0) is 0 Å². The van der Waals surface area contributed by atoms with Gasteiger partial charge in [-0.1, -0.05) is 15.9 Å². The highest BCUT2D eigenvalue weighted by Gasteiger charge is 2.19. The van der Waals surface area contributed by atoms with Crippen molar-refractivity contribution in [2.45, 2.75) is 38.1 Å². The summed E-state index contributed by atoms with van der Waals surface area (Å²) < 4.78 is 19.6. The average molecular weight is 316 g/mol. The van der Waals surface area contributed by atoms with Crippen LogP contribution in [-0.4, -0.2) is 19.2 Å². The first-order chi connectivity index (χ1) is 8.75. The Balaban J connectivity index is 1.55. The molecule has 0 amide bonds. The molecule has 2 nitrogen and oxygen atoms in total. The molecule has 0 spiro atoms. The Morgan fingerprint density at radius 3 is 2.89 bits per heavy atom. The van der Waals surface area contributed by atoms with Crippen LogP contribution in [0.25, 0.3) is 0 Å². The highest BCUT2D eigenvalue weighted by atomic mass is 79.9. The van der Waals surface area contributed by atoms with Gasteiger partial charge in [0.15, 0.2) is 11.6 Å². The Hall–Kier alpha value is -0.610. The van der Waals surface area contributed by atoms with Crippen LogP contribution >= 0.6 is 15.9 Å². The van der Waals surface area contributed by atoms with Crippen LogP contribution in [0.15, 0.2) is 22.7 Å². The maximum atomic E-state index is 13.3. The SMILES string of the molecule is Fc1ccc(Br)cc1OCCCCCNC1CC1. The molecule has 0 radical (unpaired) electrons. The zero-order valence-corrected chi connectivity index (χ0v) is 12.0. The van der Waals surface area contributed by atoms with E-state index in [9.17, 15) is 4.39 Å². The highest BCUT2D eigenvalue weighted by Crippen LogP contribution is 2.22. The van der Waals surface area contributed by atoms with Gasteiger partial charge in [0.1, 0.15) is 0 Å². The first-order valence-electron chi connectivity index (χ1n) is 6.57. The van der Waals surface area contributed by atoms with E-state index in [0.29, 0.717) is 12.4 Å². The van der Waals surface area contributed by atoms with E-state index in [4.69, 9.17) is 4.74 Å². The minimum Gasteiger partial charge on any atom is -0.490 e. The van der Waals surface area contributed by atoms with Crippen LogP contribution in [0.2, 0.25) is 0 Å². The van der Waals surface area contributed by atoms with Crippen molar-refractivity contribution in [3.05, 3.63) is 28.5 Å². The predicted molar refractivity (Wildman–Crippen MR) is 74.5 cm³/mol. The largest absolute Gasteiger partial charge is 0.490 e. The van der Waals surface area contributed by atoms with Crippen molar-refractivity contribution in [3.8, 4) is 5.75 Å². The van der Waals surface area contributed by atoms with Gasteiger partial charge in [0.2, 0.25) is 0 Å². The summed E-state index contributed by atoms with van der Waals surface area (Å²) in [4.78, 5) is 0. The van der Waals surface area contributed by atoms with E-state index in [1.807, 2.05) is 0 Å². The molecule has 100 valence electrons. The fraction of sp³-hybridized carbons (Fsp3) is 0.571. The number of ether oxygens (including phenoxy) is 1. The summed E-state index contributed by atoms with van der Waals surface area (Å²) in [5.41, 5.74) is 0. The zero-order chi connectivity index (χ0) is 12.8. The third-order valence-corrected chi connectivity index (χ3v) is 3.48. The molecular weight excluding hydrogens is 297 g/mol. The molecule has 1 N–H and O–H groups in total. The van der Waals surface area contributed by atoms with Crippen LogP contribution in [0.5, 0.6) is 5.75 Å². The Morgan fingerprint density at radius 1 is 1.28 bits per heavy atom. The molecule has 18 heavy (non-hydrogen) atoms. The van der Waals surface area contributed by atoms with Crippen molar-refractivity contribution in [1.82, 2.24) is 5.32 Å². The van der Waals surface area contributed by atoms with Crippen molar-refractivity contribution < 1.29 is 9.13 Å². The number of hydrogen-bond acceptors (Lipinski definition) is 2. The van der Waals surface area contributed by atoms with Gasteiger partial charge in [-0.25, -0.2) is 4.39 Å². The highest BCUT2D eigenvalue weighted by molar-refractivity contribution is 9.10. The molecule has 0 unspecified atom stereocenters. The van der Waals surface area contributed by atoms with Crippen molar-refractivity contribution >= 4 is 15.9 Å². The van der Waals surface area contributed by atoms with Crippen LogP contribution < -0.4 is 10.1 Å². The van der Waals surface area contributed by atoms with Gasteiger partial charge in [0.25, 0.3) is 0 Å². The van der Waals surface area contributed by atoms with Crippen LogP contribution in [0.1, 0.15) is 32.1 Å². The van der Waals surface area contributed by atoms with Gasteiger partial charge in [-0.15, -0.1) is 0 Å². The smallest absolute Gasteiger partial charge is 0.165 e. The summed E-state index contributed by atoms with van der Waals surface area (Å²) in [5.74, 6) is 0.0362. The minimum absolute atomic E-state index is 0.298. The number of rotatable bonds is 8. The molecule has 1 aliphatic carbocycles. The van der Waals surface area contributed by atoms with Crippen LogP contribution in [0.4, 0.5) is 4.39 Å². The number of unbranched alkanes of at least 4 members (excludes halogenated alkanes) is 2. The molecule has 2 rings (SSSR count). The number of hydrogen-bond donors (Lipinski definition) is 1. The molecular formula is C14H19BrFNO. The topological polar surface area (TPSA) is 21.3 Å². The monoisotopic (exact) mass is 315 g/mol. The van der Waals surface area contributed by atoms with E-state index in [1.165, 1.54) is 25.3 Å². The molecule has 0 atom stereocenters. The van der Waals surface area contributed by atoms with Gasteiger partial charge in [-0.3, -0.25) is 0 Å². The Kier molecular flexibility index (Phi) is 5.45. The van der Waals surface area contributed by atoms with Crippen molar-refractivity contribution in [2.75, 3.05) is 13.2 Å². The van der Waals surface area contributed by atoms with E-state index in [1.54, 1.807) is 12.1 Å². The molecule has 1 aromatic carbocycles. The normalized spacial score (nSPS) is 14.8. The first-order valence-corrected chi connectivity index (χ1v) is 7.36. The number of benzene rings is 1. The van der Waals surface area contributed by atoms with Crippen molar-refractivity contribution in [3.63, 3.8) is 0 Å². The molecule has 0 aliphatic heterocycles. The fourth-order valence-electron chi connectivity index (χ4n) is 1.77. The Morgan fingerprint density at radius 2 is 2.11 bits per heavy atom. The van der Waals surface area contributed by atoms with E-state index in [-0.39, 0.29) is 5.82 Å². The molecule has 0 aromatic heterocycles. The summed E-state index contributed by atoms with van der Waals surface area (Å²) >= 11 is 3.30. The lowest BCUT2D eigenvalue weighted by Crippen LogP contribution is -2.17. The molecule has 1 aromatic rings. The third kappa shape index (κ3) is 4.94. The first kappa shape index (κ1) is 13.8. The molecule has 1 fully saturated rings. The molecule has 1 saturated carbocycles. The maximum Gasteiger partial charge on any atom is 0.165 e. The second-order valence-corrected chi connectivity index (χ2v) is 5.63. The van der Waals surface area contributed by atoms with Crippen molar-refractivity contribution in [1.29, 1.82) is 0 Å². The lowest BCUT2D eigenvalue weighted by molar-refractivity contribution is 0.290. The summed E-state index contributed by atoms with van der Waals surface area (Å²) in [5, 5.41) is 3.47. The van der Waals surface area contributed by atoms with Gasteiger partial charge in [-0.05, 0) is 56.8 Å². The Bertz CT molecular complexity index is 382. The van der Waals surface area contributed by atoms with Crippen LogP contribution in [0.3, 0.4) is 0 Å². The quantitative estimate of drug-likeness (QED) is 0.735. The number of nitrogens with one attached hydrogen (secondary N) is 1. The lowest BCUT2D eigenvalue weighted by atomic mass is 10.2. The standard InChI is InChI=1S/C14H19BrFNO/c15-11-4-7-13(16)14(10-11)18-9-3-1-2-8-17-12-5-6-12/h4,7,10,12,17H,1-3,5-6,8-9H2. The Labute approximate surface area is 116 Å². The molecule has 1 aliphatic rings. The van der Waals surface area contributed by atoms with Gasteiger partial charge >= 0.3 is 0 Å². The average Bonchev–Trinajstić information content (AvgIpc) is 3.16. The zero-order valence-electron chi connectivity index (χ0n) is 10.4. The molecule has 0 heterocycles. The van der Waals surface area contributed by atoms with Gasteiger partial charge in [0, 0.05) is 10.5 Å². The van der Waals surface area contributed by atoms with E-state index < -0.39 is 0 Å². The summed E-state index contributed by atoms with van der Waals surface area (Å²) in [6.07, 6.45) is 5.94. The molecule has 0 saturated heterocycles. The minimum atomic E-state index is -0.298. The fourth-order valence-corrected chi connectivity index (χ4v) is 2.11. The van der Waals surface area contributed by atoms with Gasteiger partial charge in [-0.2, -0.15) is 0 Å². The summed E-state index contributed by atoms with van der Waals surface area (Å²) in [6.45, 7) is 1.67. The number of halogens is 2. The predicted octanol–water partition coefficient (Wildman–Crippen LogP) is 3.89. The van der Waals surface area contributed by atoms with Gasteiger partial charge < -0.3 is 10.1 Å². The van der Waals surface area contributed by atoms with Gasteiger partial charge in [0.05, 0.1) is 6.61 Å². The second kappa shape index (κ2) is 7.10.